The fourth-order valence-electron chi connectivity index (χ4n) is 5.02. The molecule has 0 heterocycles. The summed E-state index contributed by atoms with van der Waals surface area (Å²) >= 11 is 0. The van der Waals surface area contributed by atoms with Gasteiger partial charge in [0.05, 0.1) is 0 Å². The number of aryl methyl sites for hydroxylation is 2. The average molecular weight is 527 g/mol. The van der Waals surface area contributed by atoms with Crippen molar-refractivity contribution >= 4 is 23.3 Å². The molecule has 0 amide bonds. The quantitative estimate of drug-likeness (QED) is 0.150. The maximum atomic E-state index is 3.91. The van der Waals surface area contributed by atoms with E-state index in [9.17, 15) is 0 Å². The van der Waals surface area contributed by atoms with Crippen LogP contribution < -0.4 is 5.30 Å². The van der Waals surface area contributed by atoms with Gasteiger partial charge in [-0.25, -0.2) is 0 Å². The molecule has 0 spiro atoms. The minimum absolute atomic E-state index is 0.0550. The molecule has 0 aliphatic rings. The van der Waals surface area contributed by atoms with Crippen molar-refractivity contribution in [2.24, 2.45) is 5.92 Å². The molecule has 37 heavy (non-hydrogen) atoms. The van der Waals surface area contributed by atoms with Crippen LogP contribution in [-0.4, -0.2) is 18.1 Å². The van der Waals surface area contributed by atoms with Gasteiger partial charge >= 0.3 is 0 Å². The minimum atomic E-state index is -1.17. The molecule has 0 radical (unpaired) electrons. The van der Waals surface area contributed by atoms with Crippen LogP contribution in [0.3, 0.4) is 0 Å². The molecule has 0 bridgehead atoms. The van der Waals surface area contributed by atoms with Crippen LogP contribution in [0.2, 0.25) is 0 Å². The molecule has 0 aliphatic carbocycles. The van der Waals surface area contributed by atoms with Crippen LogP contribution in [0.5, 0.6) is 0 Å². The second-order valence-electron chi connectivity index (χ2n) is 9.79. The van der Waals surface area contributed by atoms with E-state index in [0.29, 0.717) is 0 Å². The summed E-state index contributed by atoms with van der Waals surface area (Å²) in [5.74, 6) is 1.88. The van der Waals surface area contributed by atoms with E-state index in [4.69, 9.17) is 0 Å². The van der Waals surface area contributed by atoms with Crippen molar-refractivity contribution in [3.8, 4) is 0 Å². The predicted octanol–water partition coefficient (Wildman–Crippen LogP) is 10.2. The minimum Gasteiger partial charge on any atom is -0.161 e. The van der Waals surface area contributed by atoms with E-state index in [1.165, 1.54) is 32.0 Å². The van der Waals surface area contributed by atoms with Crippen LogP contribution in [0.25, 0.3) is 0 Å². The Morgan fingerprint density at radius 3 is 1.41 bits per heavy atom. The van der Waals surface area contributed by atoms with Gasteiger partial charge in [-0.3, -0.25) is 0 Å². The van der Waals surface area contributed by atoms with Gasteiger partial charge in [0.15, 0.2) is 0 Å². The van der Waals surface area contributed by atoms with Gasteiger partial charge < -0.3 is 0 Å². The molecular weight excluding hydrogens is 483 g/mol. The van der Waals surface area contributed by atoms with E-state index in [-0.39, 0.29) is 7.92 Å². The third-order valence-electron chi connectivity index (χ3n) is 6.56. The number of allylic oxidation sites excluding steroid dienone is 1. The van der Waals surface area contributed by atoms with Crippen molar-refractivity contribution in [3.63, 3.8) is 0 Å². The molecular formula is C35H43PS. The monoisotopic (exact) mass is 526 g/mol. The molecule has 0 saturated carbocycles. The summed E-state index contributed by atoms with van der Waals surface area (Å²) in [7, 11) is -1.23. The summed E-state index contributed by atoms with van der Waals surface area (Å²) in [4.78, 5) is 4.31. The van der Waals surface area contributed by atoms with Crippen molar-refractivity contribution in [1.29, 1.82) is 0 Å². The second-order valence-corrected chi connectivity index (χ2v) is 15.5. The van der Waals surface area contributed by atoms with Crippen LogP contribution in [0, 0.1) is 19.8 Å². The van der Waals surface area contributed by atoms with Crippen molar-refractivity contribution in [2.45, 2.75) is 49.3 Å². The Kier molecular flexibility index (Phi) is 11.2. The van der Waals surface area contributed by atoms with Crippen molar-refractivity contribution in [3.05, 3.63) is 133 Å². The highest BCUT2D eigenvalue weighted by atomic mass is 32.3. The first-order valence-corrected chi connectivity index (χ1v) is 16.8. The van der Waals surface area contributed by atoms with Crippen LogP contribution in [0.15, 0.2) is 137 Å². The molecule has 194 valence electrons. The molecule has 0 fully saturated rings. The third kappa shape index (κ3) is 7.25. The molecule has 0 aliphatic heterocycles. The van der Waals surface area contributed by atoms with Gasteiger partial charge in [0.2, 0.25) is 0 Å². The average Bonchev–Trinajstić information content (AvgIpc) is 2.91. The molecule has 2 heteroatoms. The predicted molar refractivity (Wildman–Crippen MR) is 169 cm³/mol. The first-order chi connectivity index (χ1) is 17.9. The zero-order chi connectivity index (χ0) is 26.7. The Bertz CT molecular complexity index is 1100. The fourth-order valence-corrected chi connectivity index (χ4v) is 11.6. The second kappa shape index (κ2) is 14.4. The summed E-state index contributed by atoms with van der Waals surface area (Å²) in [5.41, 5.74) is 2.90. The van der Waals surface area contributed by atoms with Crippen LogP contribution in [-0.2, 0) is 0 Å². The lowest BCUT2D eigenvalue weighted by Crippen LogP contribution is -2.15. The van der Waals surface area contributed by atoms with Crippen LogP contribution >= 0.6 is 17.9 Å². The number of rotatable bonds is 9. The maximum absolute atomic E-state index is 3.91. The van der Waals surface area contributed by atoms with Crippen LogP contribution in [0.1, 0.15) is 31.9 Å². The van der Waals surface area contributed by atoms with Gasteiger partial charge in [-0.1, -0.05) is 108 Å². The standard InChI is InChI=1S/C20H20S.C15H23P/c1-2-21(18-12-6-3-7-13-18,19-14-8-4-9-15-19)20-16-10-5-11-17-20;1-6-10-16(11-12(2)3)15-13(4)8-7-9-14(15)5/h3-17H,2H2,1H3;6-9,12H,1,10-11H2,2-5H3/t;16-/m.0/s1. The Morgan fingerprint density at radius 1 is 0.676 bits per heavy atom. The molecule has 4 aromatic carbocycles. The van der Waals surface area contributed by atoms with Gasteiger partial charge in [0, 0.05) is 0 Å². The lowest BCUT2D eigenvalue weighted by Gasteiger charge is -2.40. The molecule has 0 nitrogen and oxygen atoms in total. The summed E-state index contributed by atoms with van der Waals surface area (Å²) in [5, 5.41) is 1.60. The van der Waals surface area contributed by atoms with Gasteiger partial charge in [0.25, 0.3) is 0 Å². The Balaban J connectivity index is 0.000000214. The van der Waals surface area contributed by atoms with Gasteiger partial charge in [-0.15, -0.1) is 6.58 Å². The highest BCUT2D eigenvalue weighted by molar-refractivity contribution is 8.33. The lowest BCUT2D eigenvalue weighted by atomic mass is 10.2. The largest absolute Gasteiger partial charge is 0.161 e. The topological polar surface area (TPSA) is 0 Å². The summed E-state index contributed by atoms with van der Waals surface area (Å²) in [6, 6.07) is 39.5. The van der Waals surface area contributed by atoms with Crippen molar-refractivity contribution in [2.75, 3.05) is 18.1 Å². The zero-order valence-electron chi connectivity index (χ0n) is 23.2. The molecule has 0 unspecified atom stereocenters. The molecule has 0 saturated heterocycles. The third-order valence-corrected chi connectivity index (χ3v) is 13.9. The lowest BCUT2D eigenvalue weighted by molar-refractivity contribution is 0.746. The normalized spacial score (nSPS) is 12.4. The Labute approximate surface area is 228 Å². The van der Waals surface area contributed by atoms with Gasteiger partial charge in [0.1, 0.15) is 0 Å². The number of benzene rings is 4. The van der Waals surface area contributed by atoms with E-state index in [2.05, 4.69) is 156 Å². The van der Waals surface area contributed by atoms with Gasteiger partial charge in [-0.05, 0) is 105 Å². The summed E-state index contributed by atoms with van der Waals surface area (Å²) in [6.45, 7) is 15.3. The maximum Gasteiger partial charge on any atom is -0.00188 e. The van der Waals surface area contributed by atoms with E-state index in [1.54, 1.807) is 5.30 Å². The van der Waals surface area contributed by atoms with Crippen molar-refractivity contribution in [1.82, 2.24) is 0 Å². The van der Waals surface area contributed by atoms with E-state index < -0.39 is 10.0 Å². The Morgan fingerprint density at radius 2 is 1.08 bits per heavy atom. The van der Waals surface area contributed by atoms with Gasteiger partial charge in [-0.2, -0.15) is 10.0 Å². The molecule has 1 atom stereocenters. The number of hydrogen-bond acceptors (Lipinski definition) is 0. The molecule has 0 N–H and O–H groups in total. The first kappa shape index (κ1) is 29.0. The summed E-state index contributed by atoms with van der Waals surface area (Å²) in [6.07, 6.45) is 4.55. The smallest absolute Gasteiger partial charge is 0.00188 e. The highest BCUT2D eigenvalue weighted by Gasteiger charge is 2.28. The van der Waals surface area contributed by atoms with Crippen LogP contribution in [0.4, 0.5) is 0 Å². The highest BCUT2D eigenvalue weighted by Crippen LogP contribution is 2.67. The van der Waals surface area contributed by atoms with E-state index in [1.807, 2.05) is 0 Å². The molecule has 4 rings (SSSR count). The van der Waals surface area contributed by atoms with Crippen molar-refractivity contribution < 1.29 is 0 Å². The first-order valence-electron chi connectivity index (χ1n) is 13.3. The molecule has 0 aromatic heterocycles. The van der Waals surface area contributed by atoms with E-state index in [0.717, 1.165) is 17.8 Å². The summed E-state index contributed by atoms with van der Waals surface area (Å²) < 4.78 is 0. The SMILES string of the molecule is C=CC[P@@](CC(C)C)c1c(C)cccc1C.CCS(c1ccccc1)(c1ccccc1)c1ccccc1. The fraction of sp³-hybridized carbons (Fsp3) is 0.257. The van der Waals surface area contributed by atoms with E-state index >= 15 is 0 Å². The molecule has 4 aromatic rings. The zero-order valence-corrected chi connectivity index (χ0v) is 24.9. The number of hydrogen-bond donors (Lipinski definition) is 0. The Hall–Kier alpha value is -2.60.